The number of hydrogen-bond acceptors (Lipinski definition) is 2. The molecule has 4 nitrogen and oxygen atoms in total. The van der Waals surface area contributed by atoms with Crippen molar-refractivity contribution in [2.75, 3.05) is 0 Å². The Hall–Kier alpha value is -1.81. The monoisotopic (exact) mass is 232 g/mol. The minimum atomic E-state index is -1.19. The summed E-state index contributed by atoms with van der Waals surface area (Å²) in [7, 11) is 0. The summed E-state index contributed by atoms with van der Waals surface area (Å²) in [6, 6.07) is 7.81. The summed E-state index contributed by atoms with van der Waals surface area (Å²) < 4.78 is 0. The van der Waals surface area contributed by atoms with E-state index in [4.69, 9.17) is 10.8 Å². The van der Waals surface area contributed by atoms with Gasteiger partial charge in [0, 0.05) is 23.5 Å². The van der Waals surface area contributed by atoms with E-state index >= 15 is 0 Å². The second-order valence-corrected chi connectivity index (χ2v) is 4.35. The molecule has 4 heteroatoms. The minimum absolute atomic E-state index is 0.336. The molecule has 2 rings (SSSR count). The molecule has 0 saturated carbocycles. The highest BCUT2D eigenvalue weighted by Gasteiger charge is 2.32. The molecule has 0 fully saturated rings. The summed E-state index contributed by atoms with van der Waals surface area (Å²) >= 11 is 0. The number of carbonyl (C=O) groups is 1. The molecule has 1 atom stereocenters. The van der Waals surface area contributed by atoms with Crippen LogP contribution in [-0.4, -0.2) is 21.6 Å². The van der Waals surface area contributed by atoms with E-state index in [9.17, 15) is 4.79 Å². The lowest BCUT2D eigenvalue weighted by Gasteiger charge is -2.22. The van der Waals surface area contributed by atoms with Crippen LogP contribution >= 0.6 is 0 Å². The number of rotatable bonds is 4. The number of aromatic amines is 1. The number of H-pyrrole nitrogens is 1. The first-order valence-electron chi connectivity index (χ1n) is 5.64. The third-order valence-electron chi connectivity index (χ3n) is 3.24. The molecule has 90 valence electrons. The number of aromatic nitrogens is 1. The first-order chi connectivity index (χ1) is 8.07. The van der Waals surface area contributed by atoms with Crippen LogP contribution in [0.15, 0.2) is 30.5 Å². The molecule has 0 aliphatic rings. The van der Waals surface area contributed by atoms with Crippen molar-refractivity contribution in [1.82, 2.24) is 4.98 Å². The van der Waals surface area contributed by atoms with Crippen molar-refractivity contribution in [3.63, 3.8) is 0 Å². The van der Waals surface area contributed by atoms with Crippen molar-refractivity contribution >= 4 is 16.9 Å². The second-order valence-electron chi connectivity index (χ2n) is 4.35. The molecule has 2 aromatic rings. The Morgan fingerprint density at radius 3 is 2.82 bits per heavy atom. The molecule has 0 aliphatic heterocycles. The Kier molecular flexibility index (Phi) is 2.90. The summed E-state index contributed by atoms with van der Waals surface area (Å²) in [5.41, 5.74) is 6.68. The fraction of sp³-hybridized carbons (Fsp3) is 0.308. The van der Waals surface area contributed by atoms with Crippen LogP contribution in [0.4, 0.5) is 0 Å². The molecule has 17 heavy (non-hydrogen) atoms. The summed E-state index contributed by atoms with van der Waals surface area (Å²) in [6.45, 7) is 1.79. The van der Waals surface area contributed by atoms with Gasteiger partial charge >= 0.3 is 5.97 Å². The van der Waals surface area contributed by atoms with E-state index in [2.05, 4.69) is 4.98 Å². The van der Waals surface area contributed by atoms with Gasteiger partial charge in [-0.15, -0.1) is 0 Å². The molecule has 0 bridgehead atoms. The maximum absolute atomic E-state index is 11.2. The van der Waals surface area contributed by atoms with Crippen LogP contribution in [0.5, 0.6) is 0 Å². The zero-order valence-electron chi connectivity index (χ0n) is 9.73. The van der Waals surface area contributed by atoms with E-state index in [-0.39, 0.29) is 0 Å². The number of aliphatic carboxylic acids is 1. The molecule has 1 aromatic carbocycles. The molecular formula is C13H16N2O2. The van der Waals surface area contributed by atoms with E-state index in [1.54, 1.807) is 6.92 Å². The quantitative estimate of drug-likeness (QED) is 0.753. The summed E-state index contributed by atoms with van der Waals surface area (Å²) in [5.74, 6) is -0.953. The third-order valence-corrected chi connectivity index (χ3v) is 3.24. The Morgan fingerprint density at radius 1 is 1.47 bits per heavy atom. The largest absolute Gasteiger partial charge is 0.480 e. The van der Waals surface area contributed by atoms with Crippen molar-refractivity contribution in [3.05, 3.63) is 36.0 Å². The van der Waals surface area contributed by atoms with Gasteiger partial charge in [-0.1, -0.05) is 25.1 Å². The maximum Gasteiger partial charge on any atom is 0.324 e. The maximum atomic E-state index is 11.2. The molecule has 0 spiro atoms. The van der Waals surface area contributed by atoms with Gasteiger partial charge < -0.3 is 15.8 Å². The van der Waals surface area contributed by atoms with E-state index < -0.39 is 11.5 Å². The molecule has 0 amide bonds. The molecule has 1 aromatic heterocycles. The number of nitrogens with one attached hydrogen (secondary N) is 1. The van der Waals surface area contributed by atoms with Gasteiger partial charge in [0.25, 0.3) is 0 Å². The zero-order chi connectivity index (χ0) is 12.5. The fourth-order valence-electron chi connectivity index (χ4n) is 1.97. The minimum Gasteiger partial charge on any atom is -0.480 e. The first kappa shape index (κ1) is 11.7. The molecule has 1 heterocycles. The predicted molar refractivity (Wildman–Crippen MR) is 66.8 cm³/mol. The summed E-state index contributed by atoms with van der Waals surface area (Å²) in [6.07, 6.45) is 2.58. The Morgan fingerprint density at radius 2 is 2.18 bits per heavy atom. The number of nitrogens with two attached hydrogens (primary N) is 1. The van der Waals surface area contributed by atoms with Crippen LogP contribution in [0.2, 0.25) is 0 Å². The highest BCUT2D eigenvalue weighted by molar-refractivity contribution is 5.85. The lowest BCUT2D eigenvalue weighted by Crippen LogP contribution is -2.49. The number of carboxylic acid groups (broad SMARTS) is 1. The number of carboxylic acids is 1. The van der Waals surface area contributed by atoms with Crippen molar-refractivity contribution in [3.8, 4) is 0 Å². The van der Waals surface area contributed by atoms with E-state index in [0.717, 1.165) is 16.5 Å². The van der Waals surface area contributed by atoms with Crippen molar-refractivity contribution in [1.29, 1.82) is 0 Å². The van der Waals surface area contributed by atoms with E-state index in [0.29, 0.717) is 12.8 Å². The van der Waals surface area contributed by atoms with Gasteiger partial charge in [-0.05, 0) is 18.1 Å². The molecular weight excluding hydrogens is 216 g/mol. The Bertz CT molecular complexity index is 547. The third kappa shape index (κ3) is 2.03. The summed E-state index contributed by atoms with van der Waals surface area (Å²) in [4.78, 5) is 14.3. The summed E-state index contributed by atoms with van der Waals surface area (Å²) in [5, 5.41) is 10.2. The van der Waals surface area contributed by atoms with Gasteiger partial charge in [-0.25, -0.2) is 0 Å². The van der Waals surface area contributed by atoms with Gasteiger partial charge in [0.05, 0.1) is 0 Å². The SMILES string of the molecule is CC[C@](N)(Cc1c[nH]c2ccccc12)C(=O)O. The number of fused-ring (bicyclic) bond motifs is 1. The highest BCUT2D eigenvalue weighted by atomic mass is 16.4. The molecule has 0 aliphatic carbocycles. The van der Waals surface area contributed by atoms with Crippen LogP contribution in [0, 0.1) is 0 Å². The van der Waals surface area contributed by atoms with Crippen molar-refractivity contribution in [2.45, 2.75) is 25.3 Å². The standard InChI is InChI=1S/C13H16N2O2/c1-2-13(14,12(16)17)7-9-8-15-11-6-4-3-5-10(9)11/h3-6,8,15H,2,7,14H2,1H3,(H,16,17)/t13-/m0/s1. The van der Waals surface area contributed by atoms with Crippen LogP contribution in [0.3, 0.4) is 0 Å². The smallest absolute Gasteiger partial charge is 0.324 e. The van der Waals surface area contributed by atoms with Gasteiger partial charge in [-0.3, -0.25) is 4.79 Å². The normalized spacial score (nSPS) is 14.7. The van der Waals surface area contributed by atoms with E-state index in [1.165, 1.54) is 0 Å². The van der Waals surface area contributed by atoms with Gasteiger partial charge in [0.15, 0.2) is 0 Å². The topological polar surface area (TPSA) is 79.1 Å². The van der Waals surface area contributed by atoms with Crippen molar-refractivity contribution in [2.24, 2.45) is 5.73 Å². The lowest BCUT2D eigenvalue weighted by atomic mass is 9.89. The van der Waals surface area contributed by atoms with Gasteiger partial charge in [0.1, 0.15) is 5.54 Å². The fourth-order valence-corrected chi connectivity index (χ4v) is 1.97. The zero-order valence-corrected chi connectivity index (χ0v) is 9.73. The Balaban J connectivity index is 2.38. The second kappa shape index (κ2) is 4.22. The number of para-hydroxylation sites is 1. The Labute approximate surface area is 99.4 Å². The van der Waals surface area contributed by atoms with Gasteiger partial charge in [-0.2, -0.15) is 0 Å². The van der Waals surface area contributed by atoms with Crippen LogP contribution in [0.25, 0.3) is 10.9 Å². The van der Waals surface area contributed by atoms with E-state index in [1.807, 2.05) is 30.5 Å². The lowest BCUT2D eigenvalue weighted by molar-refractivity contribution is -0.143. The molecule has 0 saturated heterocycles. The van der Waals surface area contributed by atoms with Crippen LogP contribution < -0.4 is 5.73 Å². The molecule has 0 unspecified atom stereocenters. The molecule has 0 radical (unpaired) electrons. The number of benzene rings is 1. The van der Waals surface area contributed by atoms with Crippen molar-refractivity contribution < 1.29 is 9.90 Å². The molecule has 4 N–H and O–H groups in total. The van der Waals surface area contributed by atoms with Crippen LogP contribution in [0.1, 0.15) is 18.9 Å². The first-order valence-corrected chi connectivity index (χ1v) is 5.64. The van der Waals surface area contributed by atoms with Gasteiger partial charge in [0.2, 0.25) is 0 Å². The predicted octanol–water partition coefficient (Wildman–Crippen LogP) is 1.90. The van der Waals surface area contributed by atoms with Crippen LogP contribution in [-0.2, 0) is 11.2 Å². The average Bonchev–Trinajstić information content (AvgIpc) is 2.72. The highest BCUT2D eigenvalue weighted by Crippen LogP contribution is 2.23. The number of hydrogen-bond donors (Lipinski definition) is 3. The average molecular weight is 232 g/mol.